The van der Waals surface area contributed by atoms with Crippen LogP contribution in [0.1, 0.15) is 43.1 Å². The quantitative estimate of drug-likeness (QED) is 0.781. The highest BCUT2D eigenvalue weighted by Crippen LogP contribution is 2.50. The molecule has 148 valence electrons. The summed E-state index contributed by atoms with van der Waals surface area (Å²) in [5, 5.41) is 4.08. The van der Waals surface area contributed by atoms with Gasteiger partial charge in [-0.15, -0.1) is 0 Å². The van der Waals surface area contributed by atoms with E-state index in [2.05, 4.69) is 10.1 Å². The standard InChI is InChI=1S/C20H23N3O4S/c1-13-3-2-4-15(9-13)18-21-19(27-22-18)16-7-8-28(25,26)20(16)11-23(12-20)17(24)10-14-5-6-14/h2-4,9,14,16H,5-8,10-12H2,1H3. The molecule has 3 aliphatic rings. The molecule has 1 aromatic heterocycles. The summed E-state index contributed by atoms with van der Waals surface area (Å²) in [7, 11) is -3.31. The van der Waals surface area contributed by atoms with Crippen LogP contribution < -0.4 is 0 Å². The summed E-state index contributed by atoms with van der Waals surface area (Å²) in [6.07, 6.45) is 3.21. The number of carbonyl (C=O) groups excluding carboxylic acids is 1. The zero-order chi connectivity index (χ0) is 19.5. The van der Waals surface area contributed by atoms with Gasteiger partial charge in [-0.1, -0.05) is 28.9 Å². The lowest BCUT2D eigenvalue weighted by molar-refractivity contribution is -0.137. The highest BCUT2D eigenvalue weighted by molar-refractivity contribution is 7.93. The molecule has 1 unspecified atom stereocenters. The molecule has 1 saturated carbocycles. The van der Waals surface area contributed by atoms with Crippen molar-refractivity contribution >= 4 is 15.7 Å². The molecule has 5 rings (SSSR count). The van der Waals surface area contributed by atoms with Crippen LogP contribution in [0.4, 0.5) is 0 Å². The fraction of sp³-hybridized carbons (Fsp3) is 0.550. The molecule has 8 heteroatoms. The Balaban J connectivity index is 1.40. The van der Waals surface area contributed by atoms with E-state index >= 15 is 0 Å². The normalized spacial score (nSPS) is 25.0. The van der Waals surface area contributed by atoms with Gasteiger partial charge in [0, 0.05) is 25.1 Å². The minimum atomic E-state index is -3.31. The van der Waals surface area contributed by atoms with Crippen LogP contribution in [0.5, 0.6) is 0 Å². The molecular weight excluding hydrogens is 378 g/mol. The molecular formula is C20H23N3O4S. The molecule has 2 aliphatic heterocycles. The zero-order valence-electron chi connectivity index (χ0n) is 15.8. The molecule has 2 aromatic rings. The lowest BCUT2D eigenvalue weighted by Crippen LogP contribution is -2.67. The number of aromatic nitrogens is 2. The Morgan fingerprint density at radius 2 is 2.07 bits per heavy atom. The van der Waals surface area contributed by atoms with Crippen molar-refractivity contribution in [3.8, 4) is 11.4 Å². The Kier molecular flexibility index (Phi) is 3.91. The lowest BCUT2D eigenvalue weighted by Gasteiger charge is -2.49. The Hall–Kier alpha value is -2.22. The third-order valence-corrected chi connectivity index (χ3v) is 8.93. The first-order valence-electron chi connectivity index (χ1n) is 9.79. The summed E-state index contributed by atoms with van der Waals surface area (Å²) in [5.74, 6) is 1.15. The maximum Gasteiger partial charge on any atom is 0.231 e. The Morgan fingerprint density at radius 1 is 1.29 bits per heavy atom. The fourth-order valence-corrected chi connectivity index (χ4v) is 6.78. The summed E-state index contributed by atoms with van der Waals surface area (Å²) < 4.78 is 30.2. The van der Waals surface area contributed by atoms with Gasteiger partial charge in [0.25, 0.3) is 0 Å². The third-order valence-electron chi connectivity index (χ3n) is 6.38. The average molecular weight is 401 g/mol. The van der Waals surface area contributed by atoms with E-state index in [4.69, 9.17) is 4.52 Å². The molecule has 2 saturated heterocycles. The van der Waals surface area contributed by atoms with E-state index in [0.717, 1.165) is 24.0 Å². The van der Waals surface area contributed by atoms with Crippen molar-refractivity contribution in [3.63, 3.8) is 0 Å². The van der Waals surface area contributed by atoms with Crippen LogP contribution in [-0.4, -0.2) is 53.0 Å². The van der Waals surface area contributed by atoms with Crippen molar-refractivity contribution in [1.29, 1.82) is 0 Å². The van der Waals surface area contributed by atoms with Crippen molar-refractivity contribution in [2.24, 2.45) is 5.92 Å². The third kappa shape index (κ3) is 2.77. The smallest absolute Gasteiger partial charge is 0.231 e. The van der Waals surface area contributed by atoms with Crippen molar-refractivity contribution in [3.05, 3.63) is 35.7 Å². The maximum atomic E-state index is 12.8. The van der Waals surface area contributed by atoms with E-state index in [9.17, 15) is 13.2 Å². The molecule has 28 heavy (non-hydrogen) atoms. The summed E-state index contributed by atoms with van der Waals surface area (Å²) in [6.45, 7) is 2.48. The number of sulfone groups is 1. The molecule has 1 amide bonds. The molecule has 1 spiro atoms. The predicted molar refractivity (Wildman–Crippen MR) is 102 cm³/mol. The Bertz CT molecular complexity index is 1040. The molecule has 3 fully saturated rings. The first-order valence-corrected chi connectivity index (χ1v) is 11.4. The Morgan fingerprint density at radius 3 is 2.79 bits per heavy atom. The van der Waals surface area contributed by atoms with Crippen molar-refractivity contribution in [2.45, 2.75) is 43.3 Å². The van der Waals surface area contributed by atoms with Crippen LogP contribution in [0.15, 0.2) is 28.8 Å². The minimum Gasteiger partial charge on any atom is -0.339 e. The second-order valence-corrected chi connectivity index (χ2v) is 10.9. The average Bonchev–Trinajstić information content (AvgIpc) is 3.19. The van der Waals surface area contributed by atoms with E-state index < -0.39 is 14.6 Å². The summed E-state index contributed by atoms with van der Waals surface area (Å²) in [6, 6.07) is 7.80. The van der Waals surface area contributed by atoms with Gasteiger partial charge in [-0.25, -0.2) is 8.42 Å². The van der Waals surface area contributed by atoms with Gasteiger partial charge in [0.2, 0.25) is 17.6 Å². The number of aryl methyl sites for hydroxylation is 1. The molecule has 0 N–H and O–H groups in total. The van der Waals surface area contributed by atoms with Gasteiger partial charge in [0.05, 0.1) is 11.7 Å². The first kappa shape index (κ1) is 17.8. The summed E-state index contributed by atoms with van der Waals surface area (Å²) in [5.41, 5.74) is 1.94. The Labute approximate surface area is 164 Å². The lowest BCUT2D eigenvalue weighted by atomic mass is 9.82. The van der Waals surface area contributed by atoms with Gasteiger partial charge in [0.15, 0.2) is 9.84 Å². The van der Waals surface area contributed by atoms with E-state index in [0.29, 0.717) is 30.5 Å². The number of nitrogens with zero attached hydrogens (tertiary/aromatic N) is 3. The van der Waals surface area contributed by atoms with Gasteiger partial charge < -0.3 is 9.42 Å². The highest BCUT2D eigenvalue weighted by atomic mass is 32.2. The van der Waals surface area contributed by atoms with Gasteiger partial charge in [-0.2, -0.15) is 4.98 Å². The van der Waals surface area contributed by atoms with Gasteiger partial charge in [-0.3, -0.25) is 4.79 Å². The number of likely N-dealkylation sites (tertiary alicyclic amines) is 1. The van der Waals surface area contributed by atoms with Gasteiger partial charge in [-0.05, 0) is 38.2 Å². The highest BCUT2D eigenvalue weighted by Gasteiger charge is 2.64. The van der Waals surface area contributed by atoms with E-state index in [1.807, 2.05) is 31.2 Å². The van der Waals surface area contributed by atoms with Crippen molar-refractivity contribution in [2.75, 3.05) is 18.8 Å². The van der Waals surface area contributed by atoms with Crippen molar-refractivity contribution < 1.29 is 17.7 Å². The van der Waals surface area contributed by atoms with Crippen LogP contribution in [0, 0.1) is 12.8 Å². The van der Waals surface area contributed by atoms with Gasteiger partial charge >= 0.3 is 0 Å². The SMILES string of the molecule is Cc1cccc(-c2noc(C3CCS(=O)(=O)C34CN(C(=O)CC3CC3)C4)n2)c1. The number of amides is 1. The monoisotopic (exact) mass is 401 g/mol. The minimum absolute atomic E-state index is 0.0694. The molecule has 3 heterocycles. The number of hydrogen-bond acceptors (Lipinski definition) is 6. The second kappa shape index (κ2) is 6.14. The molecule has 1 aromatic carbocycles. The van der Waals surface area contributed by atoms with Crippen LogP contribution in [-0.2, 0) is 14.6 Å². The number of benzene rings is 1. The molecule has 7 nitrogen and oxygen atoms in total. The van der Waals surface area contributed by atoms with Gasteiger partial charge in [0.1, 0.15) is 4.75 Å². The van der Waals surface area contributed by atoms with E-state index in [-0.39, 0.29) is 30.7 Å². The fourth-order valence-electron chi connectivity index (χ4n) is 4.47. The van der Waals surface area contributed by atoms with Crippen molar-refractivity contribution in [1.82, 2.24) is 15.0 Å². The number of hydrogen-bond donors (Lipinski definition) is 0. The van der Waals surface area contributed by atoms with E-state index in [1.54, 1.807) is 4.90 Å². The largest absolute Gasteiger partial charge is 0.339 e. The molecule has 0 radical (unpaired) electrons. The molecule has 1 atom stereocenters. The van der Waals surface area contributed by atoms with E-state index in [1.165, 1.54) is 0 Å². The molecule has 0 bridgehead atoms. The summed E-state index contributed by atoms with van der Waals surface area (Å²) >= 11 is 0. The number of carbonyl (C=O) groups is 1. The van der Waals surface area contributed by atoms with Crippen LogP contribution >= 0.6 is 0 Å². The molecule has 1 aliphatic carbocycles. The van der Waals surface area contributed by atoms with Crippen LogP contribution in [0.25, 0.3) is 11.4 Å². The van der Waals surface area contributed by atoms with Crippen LogP contribution in [0.3, 0.4) is 0 Å². The first-order chi connectivity index (χ1) is 13.4. The van der Waals surface area contributed by atoms with Crippen LogP contribution in [0.2, 0.25) is 0 Å². The number of rotatable bonds is 4. The second-order valence-electron chi connectivity index (χ2n) is 8.45. The zero-order valence-corrected chi connectivity index (χ0v) is 16.6. The maximum absolute atomic E-state index is 12.8. The summed E-state index contributed by atoms with van der Waals surface area (Å²) in [4.78, 5) is 18.6. The topological polar surface area (TPSA) is 93.4 Å². The predicted octanol–water partition coefficient (Wildman–Crippen LogP) is 2.33.